The Balaban J connectivity index is 2.17. The molecule has 8 heteroatoms. The number of imidazole rings is 1. The number of aryl methyl sites for hydroxylation is 1. The van der Waals surface area contributed by atoms with Crippen LogP contribution in [-0.2, 0) is 7.05 Å². The molecule has 2 aromatic carbocycles. The SMILES string of the molecule is CCOc1c(OC)cc(/C=C(/C#N)c2nc3ccccc3n2C)cc1[N+](=O)[O-]. The first-order valence-electron chi connectivity index (χ1n) is 8.53. The van der Waals surface area contributed by atoms with Crippen molar-refractivity contribution in [1.29, 1.82) is 5.26 Å². The van der Waals surface area contributed by atoms with Crippen LogP contribution in [0.25, 0.3) is 22.7 Å². The van der Waals surface area contributed by atoms with Gasteiger partial charge in [0, 0.05) is 13.1 Å². The van der Waals surface area contributed by atoms with Crippen LogP contribution in [0, 0.1) is 21.4 Å². The first kappa shape index (κ1) is 18.9. The summed E-state index contributed by atoms with van der Waals surface area (Å²) in [6.45, 7) is 1.99. The molecule has 0 bridgehead atoms. The van der Waals surface area contributed by atoms with E-state index in [0.717, 1.165) is 11.0 Å². The van der Waals surface area contributed by atoms with Gasteiger partial charge >= 0.3 is 5.69 Å². The molecular formula is C20H18N4O4. The molecule has 0 fully saturated rings. The molecule has 1 heterocycles. The van der Waals surface area contributed by atoms with Gasteiger partial charge in [0.1, 0.15) is 6.07 Å². The number of hydrogen-bond acceptors (Lipinski definition) is 6. The van der Waals surface area contributed by atoms with Gasteiger partial charge < -0.3 is 14.0 Å². The number of nitriles is 1. The first-order valence-corrected chi connectivity index (χ1v) is 8.53. The molecule has 1 aromatic heterocycles. The van der Waals surface area contributed by atoms with E-state index in [1.54, 1.807) is 19.1 Å². The second kappa shape index (κ2) is 7.80. The van der Waals surface area contributed by atoms with Gasteiger partial charge in [0.25, 0.3) is 0 Å². The molecule has 0 atom stereocenters. The quantitative estimate of drug-likeness (QED) is 0.365. The number of nitro benzene ring substituents is 1. The van der Waals surface area contributed by atoms with Crippen LogP contribution in [0.5, 0.6) is 11.5 Å². The summed E-state index contributed by atoms with van der Waals surface area (Å²) in [4.78, 5) is 15.5. The Labute approximate surface area is 161 Å². The lowest BCUT2D eigenvalue weighted by molar-refractivity contribution is -0.385. The van der Waals surface area contributed by atoms with E-state index >= 15 is 0 Å². The minimum atomic E-state index is -0.536. The normalized spacial score (nSPS) is 11.3. The van der Waals surface area contributed by atoms with Crippen molar-refractivity contribution in [3.8, 4) is 17.6 Å². The fraction of sp³-hybridized carbons (Fsp3) is 0.200. The smallest absolute Gasteiger partial charge is 0.315 e. The van der Waals surface area contributed by atoms with E-state index in [2.05, 4.69) is 11.1 Å². The van der Waals surface area contributed by atoms with Gasteiger partial charge in [-0.05, 0) is 36.8 Å². The number of methoxy groups -OCH3 is 1. The fourth-order valence-corrected chi connectivity index (χ4v) is 2.97. The molecule has 28 heavy (non-hydrogen) atoms. The molecule has 8 nitrogen and oxygen atoms in total. The summed E-state index contributed by atoms with van der Waals surface area (Å²) >= 11 is 0. The summed E-state index contributed by atoms with van der Waals surface area (Å²) in [5.74, 6) is 0.761. The molecule has 0 aliphatic carbocycles. The third kappa shape index (κ3) is 3.38. The van der Waals surface area contributed by atoms with Crippen LogP contribution in [0.3, 0.4) is 0 Å². The summed E-state index contributed by atoms with van der Waals surface area (Å²) in [5, 5.41) is 21.2. The molecule has 0 spiro atoms. The second-order valence-corrected chi connectivity index (χ2v) is 5.91. The van der Waals surface area contributed by atoms with Crippen LogP contribution in [-0.4, -0.2) is 28.2 Å². The lowest BCUT2D eigenvalue weighted by atomic mass is 10.1. The number of rotatable bonds is 6. The van der Waals surface area contributed by atoms with Crippen LogP contribution in [0.4, 0.5) is 5.69 Å². The largest absolute Gasteiger partial charge is 0.493 e. The Morgan fingerprint density at radius 2 is 2.14 bits per heavy atom. The lowest BCUT2D eigenvalue weighted by Gasteiger charge is -2.10. The van der Waals surface area contributed by atoms with Crippen molar-refractivity contribution in [3.05, 3.63) is 57.9 Å². The Hall–Kier alpha value is -3.86. The maximum absolute atomic E-state index is 11.5. The average Bonchev–Trinajstić information content (AvgIpc) is 3.03. The first-order chi connectivity index (χ1) is 13.5. The fourth-order valence-electron chi connectivity index (χ4n) is 2.97. The highest BCUT2D eigenvalue weighted by atomic mass is 16.6. The van der Waals surface area contributed by atoms with Gasteiger partial charge in [-0.25, -0.2) is 4.98 Å². The molecule has 0 aliphatic heterocycles. The van der Waals surface area contributed by atoms with Gasteiger partial charge in [0.15, 0.2) is 11.6 Å². The molecule has 3 aromatic rings. The molecule has 3 rings (SSSR count). The van der Waals surface area contributed by atoms with Gasteiger partial charge in [-0.2, -0.15) is 5.26 Å². The molecule has 0 N–H and O–H groups in total. The van der Waals surface area contributed by atoms with Gasteiger partial charge in [0.05, 0.1) is 35.2 Å². The van der Waals surface area contributed by atoms with Crippen molar-refractivity contribution in [1.82, 2.24) is 9.55 Å². The summed E-state index contributed by atoms with van der Waals surface area (Å²) in [5.41, 5.74) is 2.13. The van der Waals surface area contributed by atoms with Crippen molar-refractivity contribution >= 4 is 28.4 Å². The van der Waals surface area contributed by atoms with E-state index in [4.69, 9.17) is 9.47 Å². The highest BCUT2D eigenvalue weighted by Crippen LogP contribution is 2.39. The van der Waals surface area contributed by atoms with E-state index in [1.165, 1.54) is 13.2 Å². The number of hydrogen-bond donors (Lipinski definition) is 0. The van der Waals surface area contributed by atoms with Crippen LogP contribution < -0.4 is 9.47 Å². The number of nitrogens with zero attached hydrogens (tertiary/aromatic N) is 4. The number of para-hydroxylation sites is 2. The summed E-state index contributed by atoms with van der Waals surface area (Å²) < 4.78 is 12.5. The van der Waals surface area contributed by atoms with E-state index < -0.39 is 4.92 Å². The van der Waals surface area contributed by atoms with Crippen molar-refractivity contribution in [2.75, 3.05) is 13.7 Å². The Morgan fingerprint density at radius 1 is 1.39 bits per heavy atom. The van der Waals surface area contributed by atoms with Crippen molar-refractivity contribution < 1.29 is 14.4 Å². The van der Waals surface area contributed by atoms with Gasteiger partial charge in [-0.15, -0.1) is 0 Å². The Bertz CT molecular complexity index is 1130. The molecule has 0 saturated carbocycles. The zero-order valence-electron chi connectivity index (χ0n) is 15.7. The topological polar surface area (TPSA) is 103 Å². The molecule has 0 saturated heterocycles. The van der Waals surface area contributed by atoms with Crippen molar-refractivity contribution in [2.45, 2.75) is 6.92 Å². The third-order valence-electron chi connectivity index (χ3n) is 4.22. The van der Waals surface area contributed by atoms with Gasteiger partial charge in [-0.1, -0.05) is 12.1 Å². The number of benzene rings is 2. The van der Waals surface area contributed by atoms with E-state index in [9.17, 15) is 15.4 Å². The van der Waals surface area contributed by atoms with Crippen molar-refractivity contribution in [2.24, 2.45) is 7.05 Å². The lowest BCUT2D eigenvalue weighted by Crippen LogP contribution is -2.01. The minimum absolute atomic E-state index is 0.0633. The van der Waals surface area contributed by atoms with E-state index in [0.29, 0.717) is 11.4 Å². The molecule has 0 amide bonds. The Morgan fingerprint density at radius 3 is 2.75 bits per heavy atom. The predicted molar refractivity (Wildman–Crippen MR) is 105 cm³/mol. The second-order valence-electron chi connectivity index (χ2n) is 5.91. The number of nitro groups is 1. The van der Waals surface area contributed by atoms with Gasteiger partial charge in [0.2, 0.25) is 5.75 Å². The van der Waals surface area contributed by atoms with Crippen LogP contribution in [0.1, 0.15) is 18.3 Å². The number of allylic oxidation sites excluding steroid dienone is 1. The van der Waals surface area contributed by atoms with E-state index in [-0.39, 0.29) is 29.4 Å². The summed E-state index contributed by atoms with van der Waals surface area (Å²) in [7, 11) is 3.23. The van der Waals surface area contributed by atoms with Crippen molar-refractivity contribution in [3.63, 3.8) is 0 Å². The van der Waals surface area contributed by atoms with Gasteiger partial charge in [-0.3, -0.25) is 10.1 Å². The zero-order chi connectivity index (χ0) is 20.3. The van der Waals surface area contributed by atoms with E-state index in [1.807, 2.05) is 35.9 Å². The monoisotopic (exact) mass is 378 g/mol. The number of aromatic nitrogens is 2. The molecule has 142 valence electrons. The van der Waals surface area contributed by atoms with Crippen LogP contribution in [0.2, 0.25) is 0 Å². The molecule has 0 unspecified atom stereocenters. The highest BCUT2D eigenvalue weighted by Gasteiger charge is 2.22. The minimum Gasteiger partial charge on any atom is -0.493 e. The third-order valence-corrected chi connectivity index (χ3v) is 4.22. The maximum Gasteiger partial charge on any atom is 0.315 e. The number of ether oxygens (including phenoxy) is 2. The Kier molecular flexibility index (Phi) is 5.27. The number of fused-ring (bicyclic) bond motifs is 1. The standard InChI is InChI=1S/C20H18N4O4/c1-4-28-19-17(24(25)26)10-13(11-18(19)27-3)9-14(12-21)20-22-15-7-5-6-8-16(15)23(20)2/h5-11H,4H2,1-3H3/b14-9-. The zero-order valence-corrected chi connectivity index (χ0v) is 15.7. The van der Waals surface area contributed by atoms with Crippen LogP contribution >= 0.6 is 0 Å². The predicted octanol–water partition coefficient (Wildman–Crippen LogP) is 3.95. The molecule has 0 radical (unpaired) electrons. The van der Waals surface area contributed by atoms with Crippen LogP contribution in [0.15, 0.2) is 36.4 Å². The summed E-state index contributed by atoms with van der Waals surface area (Å²) in [6, 6.07) is 12.6. The molecular weight excluding hydrogens is 360 g/mol. The highest BCUT2D eigenvalue weighted by molar-refractivity contribution is 5.91. The molecule has 0 aliphatic rings. The average molecular weight is 378 g/mol. The maximum atomic E-state index is 11.5. The summed E-state index contributed by atoms with van der Waals surface area (Å²) in [6.07, 6.45) is 1.55.